The average Bonchev–Trinajstić information content (AvgIpc) is 2.40. The Kier molecular flexibility index (Phi) is 6.56. The van der Waals surface area contributed by atoms with E-state index in [1.807, 2.05) is 0 Å². The van der Waals surface area contributed by atoms with Crippen LogP contribution in [-0.4, -0.2) is 50.0 Å². The van der Waals surface area contributed by atoms with Gasteiger partial charge in [0.1, 0.15) is 5.82 Å². The number of ether oxygens (including phenoxy) is 2. The number of rotatable bonds is 8. The summed E-state index contributed by atoms with van der Waals surface area (Å²) in [6.45, 7) is 4.49. The predicted molar refractivity (Wildman–Crippen MR) is 70.5 cm³/mol. The van der Waals surface area contributed by atoms with E-state index in [-0.39, 0.29) is 6.04 Å². The zero-order valence-corrected chi connectivity index (χ0v) is 11.3. The van der Waals surface area contributed by atoms with Gasteiger partial charge in [0.25, 0.3) is 0 Å². The first-order chi connectivity index (χ1) is 8.72. The molecule has 6 heteroatoms. The van der Waals surface area contributed by atoms with Gasteiger partial charge in [-0.1, -0.05) is 0 Å². The van der Waals surface area contributed by atoms with E-state index in [2.05, 4.69) is 21.8 Å². The molecule has 0 bridgehead atoms. The van der Waals surface area contributed by atoms with Crippen LogP contribution in [0.25, 0.3) is 0 Å². The van der Waals surface area contributed by atoms with Crippen molar-refractivity contribution >= 4 is 5.82 Å². The van der Waals surface area contributed by atoms with Gasteiger partial charge in [-0.05, 0) is 6.92 Å². The largest absolute Gasteiger partial charge is 0.383 e. The van der Waals surface area contributed by atoms with Crippen LogP contribution >= 0.6 is 0 Å². The lowest BCUT2D eigenvalue weighted by atomic mass is 10.3. The van der Waals surface area contributed by atoms with Crippen LogP contribution < -0.4 is 10.6 Å². The molecular formula is C12H22N4O2. The second-order valence-electron chi connectivity index (χ2n) is 4.06. The smallest absolute Gasteiger partial charge is 0.147 e. The van der Waals surface area contributed by atoms with E-state index >= 15 is 0 Å². The van der Waals surface area contributed by atoms with Gasteiger partial charge in [0, 0.05) is 27.3 Å². The fourth-order valence-corrected chi connectivity index (χ4v) is 1.68. The molecule has 18 heavy (non-hydrogen) atoms. The van der Waals surface area contributed by atoms with E-state index in [4.69, 9.17) is 15.2 Å². The van der Waals surface area contributed by atoms with Gasteiger partial charge in [0.15, 0.2) is 0 Å². The van der Waals surface area contributed by atoms with Crippen molar-refractivity contribution in [2.24, 2.45) is 5.73 Å². The highest BCUT2D eigenvalue weighted by molar-refractivity contribution is 5.37. The van der Waals surface area contributed by atoms with Crippen LogP contribution in [0.2, 0.25) is 0 Å². The van der Waals surface area contributed by atoms with Gasteiger partial charge in [0.05, 0.1) is 37.3 Å². The first kappa shape index (κ1) is 14.8. The molecule has 0 fully saturated rings. The van der Waals surface area contributed by atoms with Gasteiger partial charge >= 0.3 is 0 Å². The van der Waals surface area contributed by atoms with Gasteiger partial charge in [-0.25, -0.2) is 4.98 Å². The van der Waals surface area contributed by atoms with Gasteiger partial charge in [-0.3, -0.25) is 4.98 Å². The lowest BCUT2D eigenvalue weighted by molar-refractivity contribution is 0.170. The van der Waals surface area contributed by atoms with Crippen LogP contribution in [0.5, 0.6) is 0 Å². The molecule has 1 rings (SSSR count). The van der Waals surface area contributed by atoms with Gasteiger partial charge in [-0.15, -0.1) is 0 Å². The highest BCUT2D eigenvalue weighted by Gasteiger charge is 2.15. The number of methoxy groups -OCH3 is 2. The minimum absolute atomic E-state index is 0.211. The van der Waals surface area contributed by atoms with Crippen molar-refractivity contribution in [2.75, 3.05) is 38.9 Å². The maximum atomic E-state index is 5.51. The second-order valence-corrected chi connectivity index (χ2v) is 4.06. The molecule has 1 aromatic rings. The Morgan fingerprint density at radius 1 is 1.28 bits per heavy atom. The molecule has 1 heterocycles. The Morgan fingerprint density at radius 3 is 2.56 bits per heavy atom. The third kappa shape index (κ3) is 4.21. The van der Waals surface area contributed by atoms with E-state index < -0.39 is 0 Å². The Hall–Kier alpha value is -1.24. The second kappa shape index (κ2) is 7.97. The molecule has 1 aromatic heterocycles. The molecule has 102 valence electrons. The summed E-state index contributed by atoms with van der Waals surface area (Å²) in [5, 5.41) is 0. The number of nitrogens with zero attached hydrogens (tertiary/aromatic N) is 3. The summed E-state index contributed by atoms with van der Waals surface area (Å²) in [5.41, 5.74) is 6.29. The van der Waals surface area contributed by atoms with Crippen molar-refractivity contribution in [1.82, 2.24) is 9.97 Å². The maximum Gasteiger partial charge on any atom is 0.147 e. The molecule has 0 aliphatic carbocycles. The van der Waals surface area contributed by atoms with E-state index in [1.54, 1.807) is 26.6 Å². The van der Waals surface area contributed by atoms with E-state index in [0.29, 0.717) is 19.8 Å². The van der Waals surface area contributed by atoms with Crippen LogP contribution in [0.1, 0.15) is 12.6 Å². The summed E-state index contributed by atoms with van der Waals surface area (Å²) < 4.78 is 10.3. The highest BCUT2D eigenvalue weighted by Crippen LogP contribution is 2.13. The van der Waals surface area contributed by atoms with Crippen molar-refractivity contribution < 1.29 is 9.47 Å². The molecule has 0 aliphatic rings. The van der Waals surface area contributed by atoms with Gasteiger partial charge in [0.2, 0.25) is 0 Å². The van der Waals surface area contributed by atoms with Crippen molar-refractivity contribution in [3.63, 3.8) is 0 Å². The van der Waals surface area contributed by atoms with Crippen LogP contribution in [0, 0.1) is 0 Å². The molecule has 0 aliphatic heterocycles. The molecule has 2 N–H and O–H groups in total. The number of aromatic nitrogens is 2. The molecule has 0 amide bonds. The molecule has 6 nitrogen and oxygen atoms in total. The summed E-state index contributed by atoms with van der Waals surface area (Å²) in [6, 6.07) is 0.211. The van der Waals surface area contributed by atoms with Crippen molar-refractivity contribution in [3.8, 4) is 0 Å². The molecule has 0 aromatic carbocycles. The van der Waals surface area contributed by atoms with Crippen molar-refractivity contribution in [3.05, 3.63) is 18.1 Å². The van der Waals surface area contributed by atoms with E-state index in [9.17, 15) is 0 Å². The van der Waals surface area contributed by atoms with E-state index in [0.717, 1.165) is 18.1 Å². The zero-order valence-electron chi connectivity index (χ0n) is 11.3. The fourth-order valence-electron chi connectivity index (χ4n) is 1.68. The molecular weight excluding hydrogens is 232 g/mol. The van der Waals surface area contributed by atoms with Crippen molar-refractivity contribution in [1.29, 1.82) is 0 Å². The molecule has 1 atom stereocenters. The third-order valence-corrected chi connectivity index (χ3v) is 2.67. The normalized spacial score (nSPS) is 12.4. The van der Waals surface area contributed by atoms with Gasteiger partial charge in [-0.2, -0.15) is 0 Å². The van der Waals surface area contributed by atoms with Crippen LogP contribution in [0.15, 0.2) is 12.4 Å². The third-order valence-electron chi connectivity index (χ3n) is 2.67. The SMILES string of the molecule is COCCN(c1cnc(CN)cn1)C(C)COC. The maximum absolute atomic E-state index is 5.51. The fraction of sp³-hybridized carbons (Fsp3) is 0.667. The number of nitrogens with two attached hydrogens (primary N) is 1. The lowest BCUT2D eigenvalue weighted by Gasteiger charge is -2.29. The first-order valence-electron chi connectivity index (χ1n) is 5.98. The minimum Gasteiger partial charge on any atom is -0.383 e. The average molecular weight is 254 g/mol. The zero-order chi connectivity index (χ0) is 13.4. The number of hydrogen-bond acceptors (Lipinski definition) is 6. The molecule has 0 saturated heterocycles. The van der Waals surface area contributed by atoms with Crippen LogP contribution in [-0.2, 0) is 16.0 Å². The Bertz CT molecular complexity index is 331. The van der Waals surface area contributed by atoms with Gasteiger partial charge < -0.3 is 20.1 Å². The molecule has 1 unspecified atom stereocenters. The molecule has 0 radical (unpaired) electrons. The highest BCUT2D eigenvalue weighted by atomic mass is 16.5. The number of anilines is 1. The topological polar surface area (TPSA) is 73.5 Å². The number of hydrogen-bond donors (Lipinski definition) is 1. The summed E-state index contributed by atoms with van der Waals surface area (Å²) in [4.78, 5) is 10.7. The summed E-state index contributed by atoms with van der Waals surface area (Å²) in [6.07, 6.45) is 3.44. The molecule has 0 spiro atoms. The lowest BCUT2D eigenvalue weighted by Crippen LogP contribution is -2.39. The van der Waals surface area contributed by atoms with Crippen molar-refractivity contribution in [2.45, 2.75) is 19.5 Å². The van der Waals surface area contributed by atoms with E-state index in [1.165, 1.54) is 0 Å². The summed E-state index contributed by atoms with van der Waals surface area (Å²) >= 11 is 0. The quantitative estimate of drug-likeness (QED) is 0.725. The predicted octanol–water partition coefficient (Wildman–Crippen LogP) is 0.423. The Labute approximate surface area is 108 Å². The summed E-state index contributed by atoms with van der Waals surface area (Å²) in [5.74, 6) is 0.814. The monoisotopic (exact) mass is 254 g/mol. The minimum atomic E-state index is 0.211. The Balaban J connectivity index is 2.79. The standard InChI is InChI=1S/C12H22N4O2/c1-10(9-18-3)16(4-5-17-2)12-8-14-11(6-13)7-15-12/h7-8,10H,4-6,9,13H2,1-3H3. The summed E-state index contributed by atoms with van der Waals surface area (Å²) in [7, 11) is 3.37. The van der Waals surface area contributed by atoms with Crippen LogP contribution in [0.3, 0.4) is 0 Å². The first-order valence-corrected chi connectivity index (χ1v) is 5.98. The molecule has 0 saturated carbocycles. The van der Waals surface area contributed by atoms with Crippen LogP contribution in [0.4, 0.5) is 5.82 Å². The Morgan fingerprint density at radius 2 is 2.06 bits per heavy atom.